The second-order valence-corrected chi connectivity index (χ2v) is 34.6. The van der Waals surface area contributed by atoms with Gasteiger partial charge >= 0.3 is 0 Å². The molecule has 0 radical (unpaired) electrons. The molecule has 4 N–H and O–H groups in total. The van der Waals surface area contributed by atoms with Crippen LogP contribution in [0.5, 0.6) is 0 Å². The van der Waals surface area contributed by atoms with Crippen molar-refractivity contribution in [3.63, 3.8) is 0 Å². The van der Waals surface area contributed by atoms with Crippen LogP contribution in [0, 0.1) is 0 Å². The molecule has 0 amide bonds. The number of nitrogens with zero attached hydrogens (tertiary/aromatic N) is 4. The molecule has 552 valence electrons. The minimum Gasteiger partial charge on any atom is -0.392 e. The van der Waals surface area contributed by atoms with Crippen LogP contribution in [0.15, 0.2) is 0 Å². The van der Waals surface area contributed by atoms with E-state index in [0.717, 1.165) is 77.3 Å². The Kier molecular flexibility index (Phi) is 74.0. The summed E-state index contributed by atoms with van der Waals surface area (Å²) in [5.41, 5.74) is 0. The van der Waals surface area contributed by atoms with E-state index in [0.29, 0.717) is 26.2 Å². The van der Waals surface area contributed by atoms with Gasteiger partial charge in [0.05, 0.1) is 24.4 Å². The minimum atomic E-state index is -0.290. The molecular formula is C80H164N4O4S4. The van der Waals surface area contributed by atoms with Crippen LogP contribution in [0.25, 0.3) is 0 Å². The first-order valence-electron chi connectivity index (χ1n) is 41.4. The minimum absolute atomic E-state index is 0.290. The molecule has 0 saturated carbocycles. The van der Waals surface area contributed by atoms with Crippen molar-refractivity contribution in [2.75, 3.05) is 102 Å². The lowest BCUT2D eigenvalue weighted by molar-refractivity contribution is 0.0594. The van der Waals surface area contributed by atoms with Gasteiger partial charge in [-0.15, -0.1) is 0 Å². The predicted octanol–water partition coefficient (Wildman–Crippen LogP) is 23.3. The normalized spacial score (nSPS) is 14.8. The van der Waals surface area contributed by atoms with Crippen molar-refractivity contribution >= 4 is 43.2 Å². The molecule has 0 aromatic carbocycles. The molecule has 1 aliphatic heterocycles. The van der Waals surface area contributed by atoms with Crippen molar-refractivity contribution in [3.8, 4) is 0 Å². The zero-order chi connectivity index (χ0) is 66.4. The molecule has 1 fully saturated rings. The lowest BCUT2D eigenvalue weighted by Crippen LogP contribution is -2.47. The third-order valence-electron chi connectivity index (χ3n) is 20.0. The highest BCUT2D eigenvalue weighted by molar-refractivity contribution is 8.77. The maximum Gasteiger partial charge on any atom is 0.0667 e. The fourth-order valence-electron chi connectivity index (χ4n) is 13.8. The first kappa shape index (κ1) is 91.1. The van der Waals surface area contributed by atoms with Crippen LogP contribution in [0.4, 0.5) is 0 Å². The fraction of sp³-hybridized carbons (Fsp3) is 1.00. The number of aliphatic hydroxyl groups excluding tert-OH is 4. The molecule has 1 aliphatic rings. The first-order chi connectivity index (χ1) is 45.3. The molecule has 0 spiro atoms. The predicted molar refractivity (Wildman–Crippen MR) is 421 cm³/mol. The average molecular weight is 1370 g/mol. The van der Waals surface area contributed by atoms with Gasteiger partial charge in [-0.1, -0.05) is 379 Å². The number of aliphatic hydroxyl groups is 4. The van der Waals surface area contributed by atoms with Crippen molar-refractivity contribution in [2.24, 2.45) is 0 Å². The van der Waals surface area contributed by atoms with E-state index in [1.807, 2.05) is 21.6 Å². The van der Waals surface area contributed by atoms with Gasteiger partial charge in [0.15, 0.2) is 0 Å². The molecular weight excluding hydrogens is 1210 g/mol. The lowest BCUT2D eigenvalue weighted by Gasteiger charge is -2.34. The molecule has 1 heterocycles. The Labute approximate surface area is 592 Å². The standard InChI is InChI=1S/C80H164N4O4S4/c1-5-9-13-17-21-25-29-33-37-41-45-49-57-77(85)73-83(74-78(86)58-50-46-42-38-34-30-26-22-18-14-10-6-2)61-53-55-69-89-91-71-67-81-63-65-82(66-64-81)68-72-92-90-70-56-54-62-84(75-79(87)59-51-47-43-39-35-31-27-23-19-15-11-7-3)76-80(88)60-52-48-44-40-36-32-28-24-20-16-12-8-4/h77-80,85-88H,5-76H2,1-4H3. The molecule has 8 nitrogen and oxygen atoms in total. The number of unbranched alkanes of at least 4 members (excludes halogenated alkanes) is 46. The van der Waals surface area contributed by atoms with E-state index in [2.05, 4.69) is 68.9 Å². The van der Waals surface area contributed by atoms with Gasteiger partial charge in [0.25, 0.3) is 0 Å². The summed E-state index contributed by atoms with van der Waals surface area (Å²) in [6.07, 6.45) is 71.7. The quantitative estimate of drug-likeness (QED) is 0.0345. The zero-order valence-electron chi connectivity index (χ0n) is 62.4. The number of rotatable bonds is 78. The van der Waals surface area contributed by atoms with E-state index in [9.17, 15) is 20.4 Å². The van der Waals surface area contributed by atoms with Gasteiger partial charge in [0, 0.05) is 88.5 Å². The van der Waals surface area contributed by atoms with E-state index >= 15 is 0 Å². The maximum atomic E-state index is 11.2. The van der Waals surface area contributed by atoms with Crippen molar-refractivity contribution in [3.05, 3.63) is 0 Å². The summed E-state index contributed by atoms with van der Waals surface area (Å²) in [6, 6.07) is 0. The number of hydrogen-bond acceptors (Lipinski definition) is 12. The van der Waals surface area contributed by atoms with Crippen LogP contribution in [0.3, 0.4) is 0 Å². The Morgan fingerprint density at radius 2 is 0.424 bits per heavy atom. The largest absolute Gasteiger partial charge is 0.392 e. The summed E-state index contributed by atoms with van der Waals surface area (Å²) in [5, 5.41) is 44.7. The SMILES string of the molecule is CCCCCCCCCCCCCCC(O)CN(CCCCSSCCN1CCN(CCSSCCCCN(CC(O)CCCCCCCCCCCCCC)CC(O)CCCCCCCCCCCCCC)CC1)CC(O)CCCCCCCCCCCCCC. The molecule has 0 aromatic rings. The fourth-order valence-corrected chi connectivity index (χ4v) is 18.1. The Morgan fingerprint density at radius 1 is 0.239 bits per heavy atom. The average Bonchev–Trinajstić information content (AvgIpc) is 3.69. The third kappa shape index (κ3) is 66.9. The highest BCUT2D eigenvalue weighted by atomic mass is 33.1. The van der Waals surface area contributed by atoms with Crippen molar-refractivity contribution in [1.82, 2.24) is 19.6 Å². The van der Waals surface area contributed by atoms with Crippen molar-refractivity contribution < 1.29 is 20.4 Å². The summed E-state index contributed by atoms with van der Waals surface area (Å²) < 4.78 is 0. The van der Waals surface area contributed by atoms with Gasteiger partial charge < -0.3 is 20.4 Å². The molecule has 0 aromatic heterocycles. The highest BCUT2D eigenvalue weighted by Gasteiger charge is 2.19. The highest BCUT2D eigenvalue weighted by Crippen LogP contribution is 2.26. The van der Waals surface area contributed by atoms with Crippen LogP contribution >= 0.6 is 43.2 Å². The summed E-state index contributed by atoms with van der Waals surface area (Å²) in [7, 11) is 8.20. The number of piperazine rings is 1. The van der Waals surface area contributed by atoms with Crippen LogP contribution < -0.4 is 0 Å². The molecule has 0 bridgehead atoms. The smallest absolute Gasteiger partial charge is 0.0667 e. The Hall–Kier alpha value is 1.08. The summed E-state index contributed by atoms with van der Waals surface area (Å²) in [6.45, 7) is 21.1. The Balaban J connectivity index is 2.34. The van der Waals surface area contributed by atoms with Gasteiger partial charge in [-0.05, 0) is 64.5 Å². The van der Waals surface area contributed by atoms with E-state index in [4.69, 9.17) is 0 Å². The van der Waals surface area contributed by atoms with E-state index < -0.39 is 0 Å². The molecule has 1 rings (SSSR count). The molecule has 12 heteroatoms. The topological polar surface area (TPSA) is 93.9 Å². The molecule has 4 unspecified atom stereocenters. The van der Waals surface area contributed by atoms with E-state index in [-0.39, 0.29) is 24.4 Å². The Morgan fingerprint density at radius 3 is 0.630 bits per heavy atom. The van der Waals surface area contributed by atoms with E-state index in [1.54, 1.807) is 0 Å². The van der Waals surface area contributed by atoms with Gasteiger partial charge in [-0.25, -0.2) is 0 Å². The molecule has 0 aliphatic carbocycles. The van der Waals surface area contributed by atoms with Gasteiger partial charge in [0.1, 0.15) is 0 Å². The van der Waals surface area contributed by atoms with Crippen molar-refractivity contribution in [1.29, 1.82) is 0 Å². The zero-order valence-corrected chi connectivity index (χ0v) is 65.7. The van der Waals surface area contributed by atoms with Gasteiger partial charge in [-0.2, -0.15) is 0 Å². The maximum absolute atomic E-state index is 11.2. The van der Waals surface area contributed by atoms with Crippen molar-refractivity contribution in [2.45, 2.75) is 412 Å². The second-order valence-electron chi connectivity index (χ2n) is 29.2. The summed E-state index contributed by atoms with van der Waals surface area (Å²) in [4.78, 5) is 10.2. The first-order valence-corrected chi connectivity index (χ1v) is 46.4. The van der Waals surface area contributed by atoms with Crippen LogP contribution in [-0.2, 0) is 0 Å². The summed E-state index contributed by atoms with van der Waals surface area (Å²) >= 11 is 0. The summed E-state index contributed by atoms with van der Waals surface area (Å²) in [5.74, 6) is 4.74. The third-order valence-corrected chi connectivity index (χ3v) is 24.9. The van der Waals surface area contributed by atoms with Gasteiger partial charge in [-0.3, -0.25) is 19.6 Å². The van der Waals surface area contributed by atoms with Gasteiger partial charge in [0.2, 0.25) is 0 Å². The number of hydrogen-bond donors (Lipinski definition) is 4. The van der Waals surface area contributed by atoms with E-state index in [1.165, 1.54) is 358 Å². The lowest BCUT2D eigenvalue weighted by atomic mass is 10.0. The monoisotopic (exact) mass is 1370 g/mol. The molecule has 4 atom stereocenters. The van der Waals surface area contributed by atoms with Crippen LogP contribution in [0.2, 0.25) is 0 Å². The molecule has 1 saturated heterocycles. The van der Waals surface area contributed by atoms with Crippen LogP contribution in [0.1, 0.15) is 387 Å². The Bertz CT molecular complexity index is 1220. The van der Waals surface area contributed by atoms with Crippen LogP contribution in [-0.4, -0.2) is 166 Å². The second kappa shape index (κ2) is 74.8. The molecule has 92 heavy (non-hydrogen) atoms.